The van der Waals surface area contributed by atoms with Crippen molar-refractivity contribution in [2.45, 2.75) is 15.2 Å². The molecule has 0 radical (unpaired) electrons. The lowest BCUT2D eigenvalue weighted by atomic mass is 9.70. The van der Waals surface area contributed by atoms with Gasteiger partial charge in [-0.3, -0.25) is 0 Å². The Balaban J connectivity index is 1.32. The van der Waals surface area contributed by atoms with Gasteiger partial charge in [0, 0.05) is 15.2 Å². The van der Waals surface area contributed by atoms with Gasteiger partial charge < -0.3 is 0 Å². The molecule has 3 aliphatic rings. The molecule has 1 spiro atoms. The van der Waals surface area contributed by atoms with E-state index in [1.807, 2.05) is 11.8 Å². The molecule has 2 aliphatic carbocycles. The second-order valence-electron chi connectivity index (χ2n) is 11.6. The summed E-state index contributed by atoms with van der Waals surface area (Å²) in [5.41, 5.74) is 15.9. The molecule has 194 valence electrons. The van der Waals surface area contributed by atoms with Crippen molar-refractivity contribution in [3.63, 3.8) is 0 Å². The third-order valence-electron chi connectivity index (χ3n) is 9.71. The van der Waals surface area contributed by atoms with Crippen LogP contribution in [0.1, 0.15) is 22.3 Å². The van der Waals surface area contributed by atoms with Crippen molar-refractivity contribution in [3.05, 3.63) is 168 Å². The van der Waals surface area contributed by atoms with Crippen LogP contribution in [0.25, 0.3) is 55.3 Å². The van der Waals surface area contributed by atoms with Crippen LogP contribution in [0.2, 0.25) is 0 Å². The zero-order valence-corrected chi connectivity index (χ0v) is 23.6. The number of rotatable bonds is 1. The van der Waals surface area contributed by atoms with Gasteiger partial charge in [0.1, 0.15) is 0 Å². The first-order valence-electron chi connectivity index (χ1n) is 14.6. The fraction of sp³-hybridized carbons (Fsp3) is 0.0244. The number of benzene rings is 7. The molecule has 0 nitrogen and oxygen atoms in total. The fourth-order valence-electron chi connectivity index (χ4n) is 8.18. The standard InChI is InChI=1S/C41H24S/c1-5-18-33-26(11-1)27-12-2-6-19-34(27)41(33)35-20-7-3-14-32(35)39-29(17-10-21-36(39)41)25-23-24-38-40-30(25)15-9-16-31(40)28-13-4-8-22-37(28)42-38/h1-24H. The lowest BCUT2D eigenvalue weighted by Crippen LogP contribution is -2.25. The molecule has 7 aromatic rings. The molecule has 0 saturated carbocycles. The minimum Gasteiger partial charge on any atom is -0.0888 e. The first-order chi connectivity index (χ1) is 20.9. The van der Waals surface area contributed by atoms with Crippen molar-refractivity contribution in [3.8, 4) is 44.5 Å². The van der Waals surface area contributed by atoms with E-state index in [0.29, 0.717) is 0 Å². The zero-order chi connectivity index (χ0) is 27.4. The molecule has 0 N–H and O–H groups in total. The van der Waals surface area contributed by atoms with Crippen LogP contribution in [-0.4, -0.2) is 0 Å². The Hall–Kier alpha value is -4.85. The predicted molar refractivity (Wildman–Crippen MR) is 175 cm³/mol. The van der Waals surface area contributed by atoms with Crippen LogP contribution in [0.15, 0.2) is 155 Å². The SMILES string of the molecule is c1ccc2c(c1)Sc1ccc(-c3cccc4c3-c3ccccc3C43c4ccccc4-c4ccccc43)c3cccc-2c13. The van der Waals surface area contributed by atoms with Crippen LogP contribution in [0.4, 0.5) is 0 Å². The van der Waals surface area contributed by atoms with Gasteiger partial charge in [0.25, 0.3) is 0 Å². The fourth-order valence-corrected chi connectivity index (χ4v) is 9.31. The molecular weight excluding hydrogens is 525 g/mol. The van der Waals surface area contributed by atoms with Crippen molar-refractivity contribution in [2.75, 3.05) is 0 Å². The molecule has 0 unspecified atom stereocenters. The summed E-state index contributed by atoms with van der Waals surface area (Å²) in [5, 5.41) is 2.69. The summed E-state index contributed by atoms with van der Waals surface area (Å²) in [6.07, 6.45) is 0. The smallest absolute Gasteiger partial charge is 0.0725 e. The average Bonchev–Trinajstić information content (AvgIpc) is 3.53. The van der Waals surface area contributed by atoms with E-state index in [0.717, 1.165) is 0 Å². The topological polar surface area (TPSA) is 0 Å². The maximum Gasteiger partial charge on any atom is 0.0725 e. The van der Waals surface area contributed by atoms with Gasteiger partial charge >= 0.3 is 0 Å². The van der Waals surface area contributed by atoms with Crippen LogP contribution in [0, 0.1) is 0 Å². The van der Waals surface area contributed by atoms with Gasteiger partial charge in [-0.2, -0.15) is 0 Å². The Morgan fingerprint density at radius 1 is 0.333 bits per heavy atom. The van der Waals surface area contributed by atoms with Gasteiger partial charge in [-0.25, -0.2) is 0 Å². The summed E-state index contributed by atoms with van der Waals surface area (Å²) < 4.78 is 0. The molecule has 1 aliphatic heterocycles. The van der Waals surface area contributed by atoms with Crippen LogP contribution in [0.3, 0.4) is 0 Å². The monoisotopic (exact) mass is 548 g/mol. The van der Waals surface area contributed by atoms with Crippen LogP contribution in [0.5, 0.6) is 0 Å². The van der Waals surface area contributed by atoms with E-state index in [9.17, 15) is 0 Å². The van der Waals surface area contributed by atoms with Gasteiger partial charge in [0.15, 0.2) is 0 Å². The molecule has 7 aromatic carbocycles. The van der Waals surface area contributed by atoms with E-state index in [-0.39, 0.29) is 5.41 Å². The summed E-state index contributed by atoms with van der Waals surface area (Å²) in [6.45, 7) is 0. The third kappa shape index (κ3) is 2.66. The molecule has 1 heterocycles. The quantitative estimate of drug-likeness (QED) is 0.197. The maximum atomic E-state index is 2.38. The van der Waals surface area contributed by atoms with E-state index >= 15 is 0 Å². The van der Waals surface area contributed by atoms with E-state index in [1.54, 1.807) is 0 Å². The Morgan fingerprint density at radius 2 is 0.881 bits per heavy atom. The predicted octanol–water partition coefficient (Wildman–Crippen LogP) is 11.0. The van der Waals surface area contributed by atoms with E-state index < -0.39 is 0 Å². The summed E-state index contributed by atoms with van der Waals surface area (Å²) in [4.78, 5) is 2.67. The van der Waals surface area contributed by atoms with Crippen molar-refractivity contribution in [2.24, 2.45) is 0 Å². The van der Waals surface area contributed by atoms with Crippen LogP contribution >= 0.6 is 11.8 Å². The molecule has 0 fully saturated rings. The number of hydrogen-bond donors (Lipinski definition) is 0. The summed E-state index contributed by atoms with van der Waals surface area (Å²) in [7, 11) is 0. The van der Waals surface area contributed by atoms with Gasteiger partial charge in [-0.05, 0) is 84.3 Å². The zero-order valence-electron chi connectivity index (χ0n) is 22.8. The van der Waals surface area contributed by atoms with Crippen molar-refractivity contribution in [1.29, 1.82) is 0 Å². The molecule has 1 heteroatoms. The Kier molecular flexibility index (Phi) is 4.41. The van der Waals surface area contributed by atoms with Crippen LogP contribution < -0.4 is 0 Å². The van der Waals surface area contributed by atoms with Gasteiger partial charge in [0.05, 0.1) is 5.41 Å². The normalized spacial score (nSPS) is 14.3. The van der Waals surface area contributed by atoms with Gasteiger partial charge in [-0.1, -0.05) is 145 Å². The Morgan fingerprint density at radius 3 is 1.64 bits per heavy atom. The second kappa shape index (κ2) is 8.12. The highest BCUT2D eigenvalue weighted by Crippen LogP contribution is 2.64. The first kappa shape index (κ1) is 22.8. The second-order valence-corrected chi connectivity index (χ2v) is 12.6. The van der Waals surface area contributed by atoms with E-state index in [4.69, 9.17) is 0 Å². The molecule has 10 rings (SSSR count). The number of fused-ring (bicyclic) bond motifs is 12. The minimum atomic E-state index is -0.323. The molecule has 0 aromatic heterocycles. The largest absolute Gasteiger partial charge is 0.0888 e. The van der Waals surface area contributed by atoms with Gasteiger partial charge in [-0.15, -0.1) is 0 Å². The molecule has 0 amide bonds. The molecular formula is C41H24S. The molecule has 0 bridgehead atoms. The summed E-state index contributed by atoms with van der Waals surface area (Å²) in [6, 6.07) is 54.6. The van der Waals surface area contributed by atoms with Crippen LogP contribution in [-0.2, 0) is 5.41 Å². The van der Waals surface area contributed by atoms with E-state index in [2.05, 4.69) is 146 Å². The van der Waals surface area contributed by atoms with Crippen molar-refractivity contribution in [1.82, 2.24) is 0 Å². The molecule has 42 heavy (non-hydrogen) atoms. The summed E-state index contributed by atoms with van der Waals surface area (Å²) in [5.74, 6) is 0. The average molecular weight is 549 g/mol. The molecule has 0 atom stereocenters. The lowest BCUT2D eigenvalue weighted by Gasteiger charge is -2.30. The highest BCUT2D eigenvalue weighted by molar-refractivity contribution is 7.99. The highest BCUT2D eigenvalue weighted by Gasteiger charge is 2.51. The summed E-state index contributed by atoms with van der Waals surface area (Å²) >= 11 is 1.89. The minimum absolute atomic E-state index is 0.323. The number of hydrogen-bond acceptors (Lipinski definition) is 1. The third-order valence-corrected chi connectivity index (χ3v) is 10.8. The first-order valence-corrected chi connectivity index (χ1v) is 15.4. The lowest BCUT2D eigenvalue weighted by molar-refractivity contribution is 0.794. The van der Waals surface area contributed by atoms with E-state index in [1.165, 1.54) is 87.3 Å². The highest BCUT2D eigenvalue weighted by atomic mass is 32.2. The van der Waals surface area contributed by atoms with Crippen molar-refractivity contribution < 1.29 is 0 Å². The van der Waals surface area contributed by atoms with Gasteiger partial charge in [0.2, 0.25) is 0 Å². The molecule has 0 saturated heterocycles. The maximum absolute atomic E-state index is 2.38. The Bertz CT molecular complexity index is 2240. The van der Waals surface area contributed by atoms with Crippen molar-refractivity contribution >= 4 is 22.5 Å². The Labute approximate surface area is 249 Å².